The van der Waals surface area contributed by atoms with Gasteiger partial charge in [0.25, 0.3) is 0 Å². The molecule has 2 aromatic heterocycles. The van der Waals surface area contributed by atoms with Crippen molar-refractivity contribution in [2.75, 3.05) is 0 Å². The van der Waals surface area contributed by atoms with E-state index in [0.29, 0.717) is 16.2 Å². The third-order valence-electron chi connectivity index (χ3n) is 3.52. The van der Waals surface area contributed by atoms with Gasteiger partial charge in [-0.1, -0.05) is 0 Å². The maximum Gasteiger partial charge on any atom is 0.443 e. The maximum absolute atomic E-state index is 12.7. The molecule has 0 aliphatic heterocycles. The van der Waals surface area contributed by atoms with Gasteiger partial charge in [0.05, 0.1) is 6.04 Å². The van der Waals surface area contributed by atoms with Gasteiger partial charge in [0.1, 0.15) is 0 Å². The molecule has 0 amide bonds. The number of thiophene rings is 1. The lowest BCUT2D eigenvalue weighted by Gasteiger charge is -2.11. The van der Waals surface area contributed by atoms with Crippen LogP contribution >= 0.6 is 22.7 Å². The van der Waals surface area contributed by atoms with Crippen LogP contribution < -0.4 is 11.3 Å². The van der Waals surface area contributed by atoms with Gasteiger partial charge in [-0.15, -0.1) is 22.7 Å². The molecule has 0 saturated heterocycles. The lowest BCUT2D eigenvalue weighted by Crippen LogP contribution is -2.27. The van der Waals surface area contributed by atoms with Crippen LogP contribution in [0, 0.1) is 0 Å². The highest BCUT2D eigenvalue weighted by Gasteiger charge is 2.35. The van der Waals surface area contributed by atoms with Gasteiger partial charge in [0.2, 0.25) is 0 Å². The molecule has 0 fully saturated rings. The SMILES string of the molecule is NNC(c1cnc(C(F)(F)F)s1)c1cc2c(s1)CCCC2. The molecule has 1 atom stereocenters. The molecule has 21 heavy (non-hydrogen) atoms. The van der Waals surface area contributed by atoms with E-state index in [1.165, 1.54) is 29.5 Å². The zero-order chi connectivity index (χ0) is 15.0. The van der Waals surface area contributed by atoms with Crippen LogP contribution in [-0.2, 0) is 19.0 Å². The van der Waals surface area contributed by atoms with E-state index < -0.39 is 17.2 Å². The largest absolute Gasteiger partial charge is 0.443 e. The summed E-state index contributed by atoms with van der Waals surface area (Å²) in [6, 6.07) is 1.64. The molecular formula is C13H14F3N3S2. The molecule has 3 rings (SSSR count). The van der Waals surface area contributed by atoms with Crippen LogP contribution in [0.1, 0.15) is 44.1 Å². The highest BCUT2D eigenvalue weighted by molar-refractivity contribution is 7.13. The molecule has 1 aliphatic carbocycles. The van der Waals surface area contributed by atoms with Crippen LogP contribution in [0.3, 0.4) is 0 Å². The van der Waals surface area contributed by atoms with E-state index in [0.717, 1.165) is 17.7 Å². The van der Waals surface area contributed by atoms with Gasteiger partial charge in [-0.3, -0.25) is 5.84 Å². The Balaban J connectivity index is 1.91. The third kappa shape index (κ3) is 2.98. The van der Waals surface area contributed by atoms with Crippen LogP contribution in [0.25, 0.3) is 0 Å². The molecule has 0 bridgehead atoms. The molecule has 8 heteroatoms. The summed E-state index contributed by atoms with van der Waals surface area (Å²) in [5, 5.41) is -0.834. The standard InChI is InChI=1S/C13H14F3N3S2/c14-13(15,16)12-18-6-10(21-12)11(19-17)9-5-7-3-1-2-4-8(7)20-9/h5-6,11,19H,1-4,17H2. The second kappa shape index (κ2) is 5.68. The number of hydrogen-bond donors (Lipinski definition) is 2. The van der Waals surface area contributed by atoms with Crippen molar-refractivity contribution in [3.63, 3.8) is 0 Å². The predicted molar refractivity (Wildman–Crippen MR) is 77.2 cm³/mol. The second-order valence-electron chi connectivity index (χ2n) is 4.97. The number of aromatic nitrogens is 1. The van der Waals surface area contributed by atoms with Gasteiger partial charge < -0.3 is 0 Å². The molecule has 114 valence electrons. The van der Waals surface area contributed by atoms with Crippen molar-refractivity contribution >= 4 is 22.7 Å². The Hall–Kier alpha value is -0.960. The fourth-order valence-corrected chi connectivity index (χ4v) is 4.79. The number of nitrogens with two attached hydrogens (primary N) is 1. The summed E-state index contributed by atoms with van der Waals surface area (Å²) in [6.07, 6.45) is 1.29. The lowest BCUT2D eigenvalue weighted by molar-refractivity contribution is -0.137. The molecule has 0 aromatic carbocycles. The monoisotopic (exact) mass is 333 g/mol. The number of rotatable bonds is 3. The van der Waals surface area contributed by atoms with Crippen LogP contribution in [0.4, 0.5) is 13.2 Å². The summed E-state index contributed by atoms with van der Waals surface area (Å²) in [7, 11) is 0. The first-order valence-corrected chi connectivity index (χ1v) is 8.23. The number of thiazole rings is 1. The molecule has 1 unspecified atom stereocenters. The highest BCUT2D eigenvalue weighted by atomic mass is 32.1. The number of nitrogens with one attached hydrogen (secondary N) is 1. The number of alkyl halides is 3. The van der Waals surface area contributed by atoms with Crippen LogP contribution in [0.2, 0.25) is 0 Å². The molecule has 3 nitrogen and oxygen atoms in total. The number of nitrogens with zero attached hydrogens (tertiary/aromatic N) is 1. The zero-order valence-corrected chi connectivity index (χ0v) is 12.7. The summed E-state index contributed by atoms with van der Waals surface area (Å²) in [5.41, 5.74) is 3.93. The number of aryl methyl sites for hydroxylation is 2. The second-order valence-corrected chi connectivity index (χ2v) is 7.20. The topological polar surface area (TPSA) is 50.9 Å². The quantitative estimate of drug-likeness (QED) is 0.666. The van der Waals surface area contributed by atoms with Gasteiger partial charge in [-0.2, -0.15) is 13.2 Å². The van der Waals surface area contributed by atoms with Gasteiger partial charge in [-0.25, -0.2) is 10.4 Å². The summed E-state index contributed by atoms with van der Waals surface area (Å²) in [6.45, 7) is 0. The molecule has 0 spiro atoms. The van der Waals surface area contributed by atoms with Gasteiger partial charge in [-0.05, 0) is 37.3 Å². The van der Waals surface area contributed by atoms with Crippen molar-refractivity contribution in [2.45, 2.75) is 37.9 Å². The Bertz CT molecular complexity index is 609. The Kier molecular flexibility index (Phi) is 4.04. The predicted octanol–water partition coefficient (Wildman–Crippen LogP) is 3.65. The number of hydrazine groups is 1. The number of halogens is 3. The molecule has 3 N–H and O–H groups in total. The summed E-state index contributed by atoms with van der Waals surface area (Å²) < 4.78 is 38.0. The van der Waals surface area contributed by atoms with Crippen LogP contribution in [-0.4, -0.2) is 4.98 Å². The minimum absolute atomic E-state index is 0.422. The summed E-state index contributed by atoms with van der Waals surface area (Å²) in [4.78, 5) is 6.25. The zero-order valence-electron chi connectivity index (χ0n) is 11.0. The number of hydrogen-bond acceptors (Lipinski definition) is 5. The molecule has 0 radical (unpaired) electrons. The molecule has 2 heterocycles. The van der Waals surface area contributed by atoms with E-state index in [2.05, 4.69) is 16.5 Å². The first-order chi connectivity index (χ1) is 9.99. The van der Waals surface area contributed by atoms with E-state index >= 15 is 0 Å². The molecular weight excluding hydrogens is 319 g/mol. The van der Waals surface area contributed by atoms with E-state index in [9.17, 15) is 13.2 Å². The van der Waals surface area contributed by atoms with Gasteiger partial charge in [0.15, 0.2) is 5.01 Å². The lowest BCUT2D eigenvalue weighted by atomic mass is 9.99. The van der Waals surface area contributed by atoms with Crippen LogP contribution in [0.5, 0.6) is 0 Å². The maximum atomic E-state index is 12.7. The average molecular weight is 333 g/mol. The van der Waals surface area contributed by atoms with E-state index in [1.807, 2.05) is 0 Å². The van der Waals surface area contributed by atoms with E-state index in [1.54, 1.807) is 11.3 Å². The van der Waals surface area contributed by atoms with Crippen LogP contribution in [0.15, 0.2) is 12.3 Å². The van der Waals surface area contributed by atoms with Crippen molar-refractivity contribution in [2.24, 2.45) is 5.84 Å². The highest BCUT2D eigenvalue weighted by Crippen LogP contribution is 2.39. The fourth-order valence-electron chi connectivity index (χ4n) is 2.51. The van der Waals surface area contributed by atoms with Crippen molar-refractivity contribution in [3.05, 3.63) is 37.5 Å². The van der Waals surface area contributed by atoms with Gasteiger partial charge in [0, 0.05) is 20.8 Å². The van der Waals surface area contributed by atoms with Gasteiger partial charge >= 0.3 is 6.18 Å². The number of fused-ring (bicyclic) bond motifs is 1. The first kappa shape index (κ1) is 15.0. The van der Waals surface area contributed by atoms with Crippen molar-refractivity contribution < 1.29 is 13.2 Å². The first-order valence-electron chi connectivity index (χ1n) is 6.59. The van der Waals surface area contributed by atoms with Crippen molar-refractivity contribution in [1.82, 2.24) is 10.4 Å². The average Bonchev–Trinajstić information content (AvgIpc) is 3.05. The minimum Gasteiger partial charge on any atom is -0.271 e. The Morgan fingerprint density at radius 3 is 2.57 bits per heavy atom. The molecule has 1 aliphatic rings. The molecule has 2 aromatic rings. The smallest absolute Gasteiger partial charge is 0.271 e. The Labute approximate surface area is 128 Å². The summed E-state index contributed by atoms with van der Waals surface area (Å²) in [5.74, 6) is 5.57. The summed E-state index contributed by atoms with van der Waals surface area (Å²) >= 11 is 2.28. The van der Waals surface area contributed by atoms with E-state index in [4.69, 9.17) is 5.84 Å². The molecule has 0 saturated carbocycles. The minimum atomic E-state index is -4.41. The fraction of sp³-hybridized carbons (Fsp3) is 0.462. The van der Waals surface area contributed by atoms with Crippen molar-refractivity contribution in [1.29, 1.82) is 0 Å². The Morgan fingerprint density at radius 2 is 1.95 bits per heavy atom. The Morgan fingerprint density at radius 1 is 1.19 bits per heavy atom. The normalized spacial score (nSPS) is 16.8. The third-order valence-corrected chi connectivity index (χ3v) is 5.93. The van der Waals surface area contributed by atoms with Crippen molar-refractivity contribution in [3.8, 4) is 0 Å². The van der Waals surface area contributed by atoms with E-state index in [-0.39, 0.29) is 0 Å².